The number of hydrogen-bond acceptors (Lipinski definition) is 6. The lowest BCUT2D eigenvalue weighted by Gasteiger charge is -2.39. The van der Waals surface area contributed by atoms with Crippen molar-refractivity contribution in [3.8, 4) is 0 Å². The zero-order valence-corrected chi connectivity index (χ0v) is 8.72. The Hall–Kier alpha value is 0.150. The lowest BCUT2D eigenvalue weighted by atomic mass is 10.0. The van der Waals surface area contributed by atoms with E-state index in [1.54, 1.807) is 0 Å². The third-order valence-corrected chi connectivity index (χ3v) is 3.23. The summed E-state index contributed by atoms with van der Waals surface area (Å²) < 4.78 is 5.22. The monoisotopic (exact) mass is 224 g/mol. The van der Waals surface area contributed by atoms with Crippen LogP contribution >= 0.6 is 11.8 Å². The van der Waals surface area contributed by atoms with Crippen molar-refractivity contribution >= 4 is 11.8 Å². The fourth-order valence-electron chi connectivity index (χ4n) is 1.37. The standard InChI is InChI=1S/C8H16O5S/c1-2-14-8-7(12)6(11)5(10)4(3-9)13-8/h4-12H,2-3H2,1H3/t4?,5-,6?,7?,8+/m1/s1. The van der Waals surface area contributed by atoms with Crippen molar-refractivity contribution in [2.45, 2.75) is 36.8 Å². The first-order chi connectivity index (χ1) is 6.61. The summed E-state index contributed by atoms with van der Waals surface area (Å²) in [5.41, 5.74) is -0.587. The van der Waals surface area contributed by atoms with E-state index < -0.39 is 29.9 Å². The molecule has 84 valence electrons. The minimum Gasteiger partial charge on any atom is -0.394 e. The highest BCUT2D eigenvalue weighted by atomic mass is 32.2. The number of aliphatic hydroxyl groups is 4. The van der Waals surface area contributed by atoms with Gasteiger partial charge in [0.1, 0.15) is 29.9 Å². The van der Waals surface area contributed by atoms with E-state index in [1.165, 1.54) is 11.8 Å². The summed E-state index contributed by atoms with van der Waals surface area (Å²) in [5.74, 6) is 0.725. The molecule has 6 heteroatoms. The molecule has 0 spiro atoms. The molecule has 0 radical (unpaired) electrons. The van der Waals surface area contributed by atoms with Crippen molar-refractivity contribution < 1.29 is 25.2 Å². The van der Waals surface area contributed by atoms with E-state index in [2.05, 4.69) is 0 Å². The second kappa shape index (κ2) is 5.29. The molecule has 14 heavy (non-hydrogen) atoms. The van der Waals surface area contributed by atoms with Crippen LogP contribution < -0.4 is 0 Å². The summed E-state index contributed by atoms with van der Waals surface area (Å²) in [4.78, 5) is 0. The summed E-state index contributed by atoms with van der Waals surface area (Å²) in [7, 11) is 0. The SMILES string of the molecule is CCS[C@@H]1OC(CO)[C@@H](O)C(O)C1O. The zero-order valence-electron chi connectivity index (χ0n) is 7.91. The summed E-state index contributed by atoms with van der Waals surface area (Å²) in [5, 5.41) is 37.2. The maximum absolute atomic E-state index is 9.51. The van der Waals surface area contributed by atoms with Crippen molar-refractivity contribution in [1.29, 1.82) is 0 Å². The summed E-state index contributed by atoms with van der Waals surface area (Å²) in [6.07, 6.45) is -4.43. The van der Waals surface area contributed by atoms with E-state index in [1.807, 2.05) is 6.92 Å². The van der Waals surface area contributed by atoms with Gasteiger partial charge in [-0.2, -0.15) is 0 Å². The predicted octanol–water partition coefficient (Wildman–Crippen LogP) is -1.46. The van der Waals surface area contributed by atoms with Gasteiger partial charge >= 0.3 is 0 Å². The van der Waals surface area contributed by atoms with Crippen LogP contribution in [0.1, 0.15) is 6.92 Å². The minimum atomic E-state index is -1.26. The van der Waals surface area contributed by atoms with Crippen molar-refractivity contribution in [1.82, 2.24) is 0 Å². The second-order valence-electron chi connectivity index (χ2n) is 3.15. The van der Waals surface area contributed by atoms with E-state index in [9.17, 15) is 15.3 Å². The number of rotatable bonds is 3. The summed E-state index contributed by atoms with van der Waals surface area (Å²) in [6.45, 7) is 1.53. The first-order valence-electron chi connectivity index (χ1n) is 4.54. The van der Waals surface area contributed by atoms with E-state index in [0.29, 0.717) is 0 Å². The average molecular weight is 224 g/mol. The maximum Gasteiger partial charge on any atom is 0.132 e. The van der Waals surface area contributed by atoms with Gasteiger partial charge in [0.25, 0.3) is 0 Å². The van der Waals surface area contributed by atoms with Crippen molar-refractivity contribution in [2.24, 2.45) is 0 Å². The van der Waals surface area contributed by atoms with Gasteiger partial charge in [0.15, 0.2) is 0 Å². The quantitative estimate of drug-likeness (QED) is 0.468. The zero-order chi connectivity index (χ0) is 10.7. The molecule has 4 N–H and O–H groups in total. The molecule has 0 saturated carbocycles. The number of ether oxygens (including phenoxy) is 1. The third-order valence-electron chi connectivity index (χ3n) is 2.18. The molecule has 0 aromatic carbocycles. The predicted molar refractivity (Wildman–Crippen MR) is 51.9 cm³/mol. The highest BCUT2D eigenvalue weighted by Crippen LogP contribution is 2.27. The smallest absolute Gasteiger partial charge is 0.132 e. The number of aliphatic hydroxyl groups excluding tert-OH is 4. The molecular formula is C8H16O5S. The van der Waals surface area contributed by atoms with Gasteiger partial charge in [-0.3, -0.25) is 0 Å². The Balaban J connectivity index is 2.63. The Labute approximate surface area is 86.7 Å². The molecule has 5 atom stereocenters. The van der Waals surface area contributed by atoms with Crippen LogP contribution in [0.2, 0.25) is 0 Å². The van der Waals surface area contributed by atoms with Gasteiger partial charge < -0.3 is 25.2 Å². The minimum absolute atomic E-state index is 0.369. The Bertz CT molecular complexity index is 175. The van der Waals surface area contributed by atoms with Crippen LogP contribution in [0.3, 0.4) is 0 Å². The second-order valence-corrected chi connectivity index (χ2v) is 4.53. The van der Waals surface area contributed by atoms with E-state index in [4.69, 9.17) is 9.84 Å². The van der Waals surface area contributed by atoms with E-state index in [0.717, 1.165) is 5.75 Å². The Morgan fingerprint density at radius 1 is 1.14 bits per heavy atom. The molecular weight excluding hydrogens is 208 g/mol. The molecule has 0 bridgehead atoms. The fourth-order valence-corrected chi connectivity index (χ4v) is 2.28. The first kappa shape index (κ1) is 12.2. The van der Waals surface area contributed by atoms with Crippen LogP contribution in [0.25, 0.3) is 0 Å². The molecule has 3 unspecified atom stereocenters. The summed E-state index contributed by atoms with van der Waals surface area (Å²) >= 11 is 1.33. The molecule has 1 aliphatic rings. The highest BCUT2D eigenvalue weighted by Gasteiger charge is 2.43. The van der Waals surface area contributed by atoms with E-state index >= 15 is 0 Å². The van der Waals surface area contributed by atoms with Gasteiger partial charge in [-0.25, -0.2) is 0 Å². The molecule has 5 nitrogen and oxygen atoms in total. The largest absolute Gasteiger partial charge is 0.394 e. The van der Waals surface area contributed by atoms with Crippen molar-refractivity contribution in [3.63, 3.8) is 0 Å². The lowest BCUT2D eigenvalue weighted by Crippen LogP contribution is -2.57. The molecule has 0 aliphatic carbocycles. The van der Waals surface area contributed by atoms with Crippen LogP contribution in [0.4, 0.5) is 0 Å². The van der Waals surface area contributed by atoms with E-state index in [-0.39, 0.29) is 6.61 Å². The lowest BCUT2D eigenvalue weighted by molar-refractivity contribution is -0.205. The highest BCUT2D eigenvalue weighted by molar-refractivity contribution is 7.99. The Kier molecular flexibility index (Phi) is 4.62. The van der Waals surface area contributed by atoms with Crippen molar-refractivity contribution in [3.05, 3.63) is 0 Å². The number of hydrogen-bond donors (Lipinski definition) is 4. The molecule has 0 aromatic rings. The third kappa shape index (κ3) is 2.39. The van der Waals surface area contributed by atoms with Crippen LogP contribution in [0.15, 0.2) is 0 Å². The molecule has 1 rings (SSSR count). The van der Waals surface area contributed by atoms with Gasteiger partial charge in [-0.1, -0.05) is 6.92 Å². The van der Waals surface area contributed by atoms with Crippen LogP contribution in [-0.2, 0) is 4.74 Å². The normalized spacial score (nSPS) is 43.9. The molecule has 1 aliphatic heterocycles. The summed E-state index contributed by atoms with van der Waals surface area (Å²) in [6, 6.07) is 0. The molecule has 0 aromatic heterocycles. The average Bonchev–Trinajstić information content (AvgIpc) is 2.19. The first-order valence-corrected chi connectivity index (χ1v) is 5.58. The van der Waals surface area contributed by atoms with Crippen LogP contribution in [0.5, 0.6) is 0 Å². The van der Waals surface area contributed by atoms with Crippen LogP contribution in [0, 0.1) is 0 Å². The Morgan fingerprint density at radius 2 is 1.79 bits per heavy atom. The topological polar surface area (TPSA) is 90.2 Å². The fraction of sp³-hybridized carbons (Fsp3) is 1.00. The van der Waals surface area contributed by atoms with Gasteiger partial charge in [0.05, 0.1) is 6.61 Å². The van der Waals surface area contributed by atoms with Gasteiger partial charge in [-0.05, 0) is 5.75 Å². The Morgan fingerprint density at radius 3 is 2.29 bits per heavy atom. The maximum atomic E-state index is 9.51. The van der Waals surface area contributed by atoms with Gasteiger partial charge in [0, 0.05) is 0 Å². The molecule has 1 heterocycles. The van der Waals surface area contributed by atoms with Gasteiger partial charge in [0.2, 0.25) is 0 Å². The molecule has 1 fully saturated rings. The molecule has 1 saturated heterocycles. The van der Waals surface area contributed by atoms with Crippen molar-refractivity contribution in [2.75, 3.05) is 12.4 Å². The van der Waals surface area contributed by atoms with Crippen LogP contribution in [-0.4, -0.2) is 62.6 Å². The number of thioether (sulfide) groups is 1. The van der Waals surface area contributed by atoms with Gasteiger partial charge in [-0.15, -0.1) is 11.8 Å². The molecule has 0 amide bonds.